The van der Waals surface area contributed by atoms with Gasteiger partial charge in [0.25, 0.3) is 0 Å². The molecule has 2 N–H and O–H groups in total. The van der Waals surface area contributed by atoms with E-state index in [-0.39, 0.29) is 13.2 Å². The molecule has 0 bridgehead atoms. The van der Waals surface area contributed by atoms with Gasteiger partial charge in [0, 0.05) is 19.1 Å². The first-order valence-corrected chi connectivity index (χ1v) is 6.51. The zero-order valence-electron chi connectivity index (χ0n) is 11.2. The average Bonchev–Trinajstić information content (AvgIpc) is 2.86. The van der Waals surface area contributed by atoms with Gasteiger partial charge in [0.1, 0.15) is 24.2 Å². The second kappa shape index (κ2) is 6.58. The van der Waals surface area contributed by atoms with Crippen LogP contribution in [0.2, 0.25) is 0 Å². The van der Waals surface area contributed by atoms with Gasteiger partial charge in [-0.1, -0.05) is 6.07 Å². The van der Waals surface area contributed by atoms with Crippen molar-refractivity contribution in [2.24, 2.45) is 0 Å². The summed E-state index contributed by atoms with van der Waals surface area (Å²) in [5.41, 5.74) is 0.847. The predicted octanol–water partition coefficient (Wildman–Crippen LogP) is 0.851. The number of fused-ring (bicyclic) bond motifs is 1. The zero-order valence-corrected chi connectivity index (χ0v) is 11.2. The molecule has 2 rings (SSSR count). The zero-order chi connectivity index (χ0) is 14.5. The molecule has 2 atom stereocenters. The standard InChI is InChI=1S/C14H18O6/c1-2-18-7-10(15)8-19-11-4-3-9-5-13(14(16)17)20-12(9)6-11/h3-4,6,10,13,15H,2,5,7-8H2,1H3,(H,16,17). The molecule has 20 heavy (non-hydrogen) atoms. The van der Waals surface area contributed by atoms with E-state index in [1.165, 1.54) is 0 Å². The molecule has 0 fully saturated rings. The highest BCUT2D eigenvalue weighted by atomic mass is 16.5. The minimum absolute atomic E-state index is 0.112. The van der Waals surface area contributed by atoms with Crippen LogP contribution >= 0.6 is 0 Å². The van der Waals surface area contributed by atoms with Gasteiger partial charge >= 0.3 is 5.97 Å². The second-order valence-corrected chi connectivity index (χ2v) is 4.54. The van der Waals surface area contributed by atoms with Gasteiger partial charge in [0.15, 0.2) is 6.10 Å². The second-order valence-electron chi connectivity index (χ2n) is 4.54. The van der Waals surface area contributed by atoms with Gasteiger partial charge < -0.3 is 24.4 Å². The van der Waals surface area contributed by atoms with E-state index in [1.54, 1.807) is 18.2 Å². The summed E-state index contributed by atoms with van der Waals surface area (Å²) in [6.45, 7) is 2.73. The number of carboxylic acid groups (broad SMARTS) is 1. The van der Waals surface area contributed by atoms with E-state index in [0.717, 1.165) is 5.56 Å². The maximum atomic E-state index is 10.9. The fourth-order valence-electron chi connectivity index (χ4n) is 1.93. The number of rotatable bonds is 7. The molecule has 1 aliphatic heterocycles. The first kappa shape index (κ1) is 14.6. The van der Waals surface area contributed by atoms with Crippen molar-refractivity contribution >= 4 is 5.97 Å². The van der Waals surface area contributed by atoms with Crippen LogP contribution in [0.4, 0.5) is 0 Å². The minimum Gasteiger partial charge on any atom is -0.491 e. The molecular weight excluding hydrogens is 264 g/mol. The highest BCUT2D eigenvalue weighted by Crippen LogP contribution is 2.32. The van der Waals surface area contributed by atoms with Gasteiger partial charge in [0.05, 0.1) is 6.61 Å². The highest BCUT2D eigenvalue weighted by Gasteiger charge is 2.28. The summed E-state index contributed by atoms with van der Waals surface area (Å²) in [4.78, 5) is 10.9. The normalized spacial score (nSPS) is 18.2. The van der Waals surface area contributed by atoms with Crippen molar-refractivity contribution < 1.29 is 29.2 Å². The van der Waals surface area contributed by atoms with Crippen molar-refractivity contribution in [3.8, 4) is 11.5 Å². The van der Waals surface area contributed by atoms with Crippen molar-refractivity contribution in [2.75, 3.05) is 19.8 Å². The van der Waals surface area contributed by atoms with Crippen LogP contribution in [0.15, 0.2) is 18.2 Å². The third-order valence-electron chi connectivity index (χ3n) is 2.95. The maximum Gasteiger partial charge on any atom is 0.345 e. The number of aliphatic hydroxyl groups excluding tert-OH is 1. The monoisotopic (exact) mass is 282 g/mol. The van der Waals surface area contributed by atoms with Crippen LogP contribution in [0.1, 0.15) is 12.5 Å². The van der Waals surface area contributed by atoms with Gasteiger partial charge in [-0.05, 0) is 18.6 Å². The molecular formula is C14H18O6. The Bertz CT molecular complexity index is 473. The summed E-state index contributed by atoms with van der Waals surface area (Å²) in [5, 5.41) is 18.5. The lowest BCUT2D eigenvalue weighted by Gasteiger charge is -2.12. The Balaban J connectivity index is 1.90. The topological polar surface area (TPSA) is 85.2 Å². The lowest BCUT2D eigenvalue weighted by atomic mass is 10.1. The van der Waals surface area contributed by atoms with Crippen LogP contribution in [0, 0.1) is 0 Å². The van der Waals surface area contributed by atoms with Gasteiger partial charge in [-0.25, -0.2) is 4.79 Å². The molecule has 1 aromatic carbocycles. The third-order valence-corrected chi connectivity index (χ3v) is 2.95. The molecule has 0 saturated heterocycles. The van der Waals surface area contributed by atoms with Crippen molar-refractivity contribution in [1.82, 2.24) is 0 Å². The summed E-state index contributed by atoms with van der Waals surface area (Å²) < 4.78 is 15.8. The van der Waals surface area contributed by atoms with Crippen molar-refractivity contribution in [3.05, 3.63) is 23.8 Å². The number of benzene rings is 1. The molecule has 110 valence electrons. The molecule has 0 radical (unpaired) electrons. The van der Waals surface area contributed by atoms with Crippen LogP contribution in [-0.2, 0) is 16.0 Å². The average molecular weight is 282 g/mol. The van der Waals surface area contributed by atoms with Crippen LogP contribution < -0.4 is 9.47 Å². The molecule has 1 heterocycles. The van der Waals surface area contributed by atoms with E-state index in [9.17, 15) is 9.90 Å². The predicted molar refractivity (Wildman–Crippen MR) is 70.2 cm³/mol. The third kappa shape index (κ3) is 3.61. The lowest BCUT2D eigenvalue weighted by Crippen LogP contribution is -2.24. The Morgan fingerprint density at radius 3 is 3.00 bits per heavy atom. The summed E-state index contributed by atoms with van der Waals surface area (Å²) in [6.07, 6.45) is -1.17. The van der Waals surface area contributed by atoms with Crippen molar-refractivity contribution in [2.45, 2.75) is 25.6 Å². The molecule has 0 aromatic heterocycles. The minimum atomic E-state index is -0.976. The van der Waals surface area contributed by atoms with Crippen molar-refractivity contribution in [1.29, 1.82) is 0 Å². The summed E-state index contributed by atoms with van der Waals surface area (Å²) in [6, 6.07) is 5.16. The van der Waals surface area contributed by atoms with Gasteiger partial charge in [-0.2, -0.15) is 0 Å². The summed E-state index contributed by atoms with van der Waals surface area (Å²) >= 11 is 0. The van der Waals surface area contributed by atoms with Gasteiger partial charge in [0.2, 0.25) is 0 Å². The van der Waals surface area contributed by atoms with E-state index in [0.29, 0.717) is 24.5 Å². The fourth-order valence-corrected chi connectivity index (χ4v) is 1.93. The van der Waals surface area contributed by atoms with Gasteiger partial charge in [-0.15, -0.1) is 0 Å². The summed E-state index contributed by atoms with van der Waals surface area (Å²) in [5.74, 6) is 0.0790. The molecule has 0 aliphatic carbocycles. The SMILES string of the molecule is CCOCC(O)COc1ccc2c(c1)OC(C(=O)O)C2. The molecule has 0 spiro atoms. The van der Waals surface area contributed by atoms with Crippen LogP contribution in [-0.4, -0.2) is 48.2 Å². The van der Waals surface area contributed by atoms with Gasteiger partial charge in [-0.3, -0.25) is 0 Å². The smallest absolute Gasteiger partial charge is 0.345 e. The molecule has 1 aromatic rings. The highest BCUT2D eigenvalue weighted by molar-refractivity contribution is 5.74. The Morgan fingerprint density at radius 1 is 1.50 bits per heavy atom. The van der Waals surface area contributed by atoms with E-state index >= 15 is 0 Å². The first-order valence-electron chi connectivity index (χ1n) is 6.51. The lowest BCUT2D eigenvalue weighted by molar-refractivity contribution is -0.144. The van der Waals surface area contributed by atoms with Crippen LogP contribution in [0.5, 0.6) is 11.5 Å². The Kier molecular flexibility index (Phi) is 4.81. The number of ether oxygens (including phenoxy) is 3. The first-order chi connectivity index (χ1) is 9.60. The number of carbonyl (C=O) groups is 1. The number of aliphatic carboxylic acids is 1. The molecule has 0 amide bonds. The Morgan fingerprint density at radius 2 is 2.30 bits per heavy atom. The van der Waals surface area contributed by atoms with Crippen molar-refractivity contribution in [3.63, 3.8) is 0 Å². The van der Waals surface area contributed by atoms with E-state index in [1.807, 2.05) is 6.92 Å². The fraction of sp³-hybridized carbons (Fsp3) is 0.500. The molecule has 6 nitrogen and oxygen atoms in total. The molecule has 0 saturated carbocycles. The number of carboxylic acids is 1. The van der Waals surface area contributed by atoms with E-state index in [2.05, 4.69) is 0 Å². The Labute approximate surface area is 116 Å². The van der Waals surface area contributed by atoms with E-state index < -0.39 is 18.2 Å². The van der Waals surface area contributed by atoms with Crippen LogP contribution in [0.3, 0.4) is 0 Å². The molecule has 6 heteroatoms. The quantitative estimate of drug-likeness (QED) is 0.771. The molecule has 1 aliphatic rings. The largest absolute Gasteiger partial charge is 0.491 e. The summed E-state index contributed by atoms with van der Waals surface area (Å²) in [7, 11) is 0. The number of aliphatic hydroxyl groups is 1. The van der Waals surface area contributed by atoms with Crippen LogP contribution in [0.25, 0.3) is 0 Å². The molecule has 2 unspecified atom stereocenters. The van der Waals surface area contributed by atoms with E-state index in [4.69, 9.17) is 19.3 Å². The number of hydrogen-bond acceptors (Lipinski definition) is 5. The maximum absolute atomic E-state index is 10.9. The Hall–Kier alpha value is -1.79. The number of hydrogen-bond donors (Lipinski definition) is 2.